The summed E-state index contributed by atoms with van der Waals surface area (Å²) in [6, 6.07) is 4.34. The monoisotopic (exact) mass is 430 g/mol. The normalized spacial score (nSPS) is 15.8. The third kappa shape index (κ3) is 4.44. The van der Waals surface area contributed by atoms with E-state index in [9.17, 15) is 5.11 Å². The zero-order valence-electron chi connectivity index (χ0n) is 17.5. The van der Waals surface area contributed by atoms with Gasteiger partial charge >= 0.3 is 21.7 Å². The van der Waals surface area contributed by atoms with Crippen molar-refractivity contribution < 1.29 is 51.6 Å². The molecule has 0 atom stereocenters. The van der Waals surface area contributed by atoms with Gasteiger partial charge in [-0.1, -0.05) is 59.2 Å². The Bertz CT molecular complexity index is 713. The van der Waals surface area contributed by atoms with E-state index in [0.29, 0.717) is 17.6 Å². The van der Waals surface area contributed by atoms with Gasteiger partial charge in [-0.2, -0.15) is 0 Å². The van der Waals surface area contributed by atoms with E-state index in [4.69, 9.17) is 0 Å². The van der Waals surface area contributed by atoms with E-state index in [0.717, 1.165) is 11.1 Å². The smallest absolute Gasteiger partial charge is 1.00 e. The Morgan fingerprint density at radius 2 is 1.35 bits per heavy atom. The fourth-order valence-electron chi connectivity index (χ4n) is 4.03. The molecule has 0 heterocycles. The van der Waals surface area contributed by atoms with Crippen molar-refractivity contribution in [1.29, 1.82) is 0 Å². The second-order valence-electron chi connectivity index (χ2n) is 8.15. The van der Waals surface area contributed by atoms with Gasteiger partial charge in [-0.15, -0.1) is 0 Å². The van der Waals surface area contributed by atoms with Gasteiger partial charge in [0, 0.05) is 11.0 Å². The van der Waals surface area contributed by atoms with Gasteiger partial charge in [-0.25, -0.2) is 0 Å². The predicted octanol–water partition coefficient (Wildman–Crippen LogP) is 0.794. The van der Waals surface area contributed by atoms with Crippen LogP contribution in [0.2, 0.25) is 0 Å². The molecule has 1 aromatic rings. The SMILES string of the molecule is CC1=C(C)C(C)(C)C(c2ccc(C(C)C)c(O)c2C(C)C)=C1C.[Cl-].[Cl-].[Ti+2]. The van der Waals surface area contributed by atoms with Crippen LogP contribution in [0.5, 0.6) is 5.75 Å². The number of rotatable bonds is 3. The Morgan fingerprint density at radius 1 is 0.846 bits per heavy atom. The van der Waals surface area contributed by atoms with Crippen LogP contribution in [0.1, 0.15) is 90.8 Å². The molecule has 0 fully saturated rings. The first-order valence-corrected chi connectivity index (χ1v) is 8.77. The quantitative estimate of drug-likeness (QED) is 0.703. The number of phenolic OH excluding ortho intramolecular Hbond substituents is 1. The summed E-state index contributed by atoms with van der Waals surface area (Å²) in [5.74, 6) is 1.11. The molecular formula is C22H32Cl2OTi. The van der Waals surface area contributed by atoms with Crippen molar-refractivity contribution in [3.05, 3.63) is 45.5 Å². The summed E-state index contributed by atoms with van der Waals surface area (Å²) in [6.45, 7) is 19.9. The van der Waals surface area contributed by atoms with E-state index in [1.54, 1.807) is 0 Å². The van der Waals surface area contributed by atoms with E-state index in [1.165, 1.54) is 27.9 Å². The van der Waals surface area contributed by atoms with Crippen molar-refractivity contribution in [1.82, 2.24) is 0 Å². The molecule has 0 aliphatic heterocycles. The van der Waals surface area contributed by atoms with Crippen molar-refractivity contribution in [3.63, 3.8) is 0 Å². The molecule has 0 bridgehead atoms. The summed E-state index contributed by atoms with van der Waals surface area (Å²) in [7, 11) is 0. The van der Waals surface area contributed by atoms with E-state index >= 15 is 0 Å². The average Bonchev–Trinajstić information content (AvgIpc) is 2.58. The molecular weight excluding hydrogens is 399 g/mol. The van der Waals surface area contributed by atoms with Crippen molar-refractivity contribution in [2.45, 2.75) is 74.1 Å². The largest absolute Gasteiger partial charge is 2.00 e. The molecule has 1 aliphatic rings. The van der Waals surface area contributed by atoms with Gasteiger partial charge in [0.2, 0.25) is 0 Å². The first-order valence-electron chi connectivity index (χ1n) is 8.77. The number of benzene rings is 1. The summed E-state index contributed by atoms with van der Waals surface area (Å²) in [4.78, 5) is 0. The van der Waals surface area contributed by atoms with Gasteiger partial charge in [-0.05, 0) is 60.5 Å². The second kappa shape index (κ2) is 9.83. The van der Waals surface area contributed by atoms with Crippen LogP contribution in [0, 0.1) is 5.41 Å². The molecule has 0 spiro atoms. The van der Waals surface area contributed by atoms with Crippen LogP contribution in [0.3, 0.4) is 0 Å². The van der Waals surface area contributed by atoms with Gasteiger partial charge in [-0.3, -0.25) is 0 Å². The minimum Gasteiger partial charge on any atom is -1.00 e. The van der Waals surface area contributed by atoms with E-state index < -0.39 is 0 Å². The molecule has 1 aliphatic carbocycles. The van der Waals surface area contributed by atoms with Crippen LogP contribution in [-0.4, -0.2) is 5.11 Å². The zero-order chi connectivity index (χ0) is 17.7. The minimum absolute atomic E-state index is 0. The Hall–Kier alpha value is -0.206. The molecule has 0 aromatic heterocycles. The first-order chi connectivity index (χ1) is 10.5. The fraction of sp³-hybridized carbons (Fsp3) is 0.545. The molecule has 0 saturated carbocycles. The number of halogens is 2. The van der Waals surface area contributed by atoms with Crippen LogP contribution in [0.15, 0.2) is 28.9 Å². The predicted molar refractivity (Wildman–Crippen MR) is 101 cm³/mol. The maximum atomic E-state index is 10.9. The number of hydrogen-bond acceptors (Lipinski definition) is 1. The van der Waals surface area contributed by atoms with Crippen molar-refractivity contribution >= 4 is 5.57 Å². The molecule has 0 amide bonds. The van der Waals surface area contributed by atoms with Gasteiger partial charge < -0.3 is 29.9 Å². The van der Waals surface area contributed by atoms with Crippen molar-refractivity contribution in [2.75, 3.05) is 0 Å². The van der Waals surface area contributed by atoms with Crippen LogP contribution in [0.4, 0.5) is 0 Å². The summed E-state index contributed by atoms with van der Waals surface area (Å²) in [5, 5.41) is 10.9. The molecule has 0 radical (unpaired) electrons. The molecule has 1 N–H and O–H groups in total. The van der Waals surface area contributed by atoms with Gasteiger partial charge in [0.05, 0.1) is 0 Å². The maximum absolute atomic E-state index is 10.9. The molecule has 1 nitrogen and oxygen atoms in total. The molecule has 0 saturated heterocycles. The average molecular weight is 431 g/mol. The Labute approximate surface area is 187 Å². The topological polar surface area (TPSA) is 20.2 Å². The number of aromatic hydroxyl groups is 1. The van der Waals surface area contributed by atoms with Crippen molar-refractivity contribution in [2.24, 2.45) is 5.41 Å². The van der Waals surface area contributed by atoms with Gasteiger partial charge in [0.1, 0.15) is 5.75 Å². The third-order valence-electron chi connectivity index (χ3n) is 5.78. The maximum Gasteiger partial charge on any atom is 2.00 e. The molecule has 26 heavy (non-hydrogen) atoms. The van der Waals surface area contributed by atoms with Crippen LogP contribution >= 0.6 is 0 Å². The summed E-state index contributed by atoms with van der Waals surface area (Å²) in [6.07, 6.45) is 0. The standard InChI is InChI=1S/C22H32O.2ClH.Ti/c1-12(2)17-10-11-18(19(13(3)4)21(17)23)20-15(6)14(5)16(7)22(20,8)9;;;/h10-13,23H,1-9H3;2*1H;/q;;;+2/p-2. The molecule has 144 valence electrons. The van der Waals surface area contributed by atoms with Crippen LogP contribution in [0.25, 0.3) is 5.57 Å². The number of allylic oxidation sites excluding steroid dienone is 4. The second-order valence-corrected chi connectivity index (χ2v) is 8.15. The van der Waals surface area contributed by atoms with Gasteiger partial charge in [0.25, 0.3) is 0 Å². The molecule has 1 aromatic carbocycles. The first kappa shape index (κ1) is 28.0. The van der Waals surface area contributed by atoms with Crippen molar-refractivity contribution in [3.8, 4) is 5.75 Å². The molecule has 0 unspecified atom stereocenters. The van der Waals surface area contributed by atoms with Crippen LogP contribution < -0.4 is 24.8 Å². The fourth-order valence-corrected chi connectivity index (χ4v) is 4.03. The van der Waals surface area contributed by atoms with E-state index in [-0.39, 0.29) is 51.9 Å². The third-order valence-corrected chi connectivity index (χ3v) is 5.78. The Kier molecular flexibility index (Phi) is 10.6. The summed E-state index contributed by atoms with van der Waals surface area (Å²) < 4.78 is 0. The Balaban J connectivity index is 0. The Morgan fingerprint density at radius 3 is 1.69 bits per heavy atom. The van der Waals surface area contributed by atoms with E-state index in [1.807, 2.05) is 0 Å². The van der Waals surface area contributed by atoms with Crippen LogP contribution in [-0.2, 0) is 21.7 Å². The summed E-state index contributed by atoms with van der Waals surface area (Å²) in [5.41, 5.74) is 8.96. The minimum atomic E-state index is 0. The number of hydrogen-bond donors (Lipinski definition) is 1. The van der Waals surface area contributed by atoms with E-state index in [2.05, 4.69) is 74.4 Å². The molecule has 2 rings (SSSR count). The molecule has 4 heteroatoms. The zero-order valence-corrected chi connectivity index (χ0v) is 20.6. The van der Waals surface area contributed by atoms with Gasteiger partial charge in [0.15, 0.2) is 0 Å². The summed E-state index contributed by atoms with van der Waals surface area (Å²) >= 11 is 0. The number of phenols is 1.